The highest BCUT2D eigenvalue weighted by Crippen LogP contribution is 2.30. The van der Waals surface area contributed by atoms with Gasteiger partial charge in [0.05, 0.1) is 15.6 Å². The van der Waals surface area contributed by atoms with Crippen LogP contribution in [-0.4, -0.2) is 44.8 Å². The molecule has 0 saturated heterocycles. The molecule has 0 aliphatic rings. The molecular weight excluding hydrogens is 474 g/mol. The Bertz CT molecular complexity index is 1240. The highest BCUT2D eigenvalue weighted by Gasteiger charge is 2.33. The predicted molar refractivity (Wildman–Crippen MR) is 133 cm³/mol. The number of sulfonamides is 1. The number of likely N-dealkylation sites (N-methyl/N-ethyl adjacent to an activating group) is 1. The minimum absolute atomic E-state index is 0.0247. The predicted octanol–water partition coefficient (Wildman–Crippen LogP) is 3.70. The minimum atomic E-state index is -4.13. The molecule has 3 aromatic carbocycles. The zero-order valence-corrected chi connectivity index (χ0v) is 20.5. The van der Waals surface area contributed by atoms with Crippen LogP contribution >= 0.6 is 11.6 Å². The Balaban J connectivity index is 2.03. The summed E-state index contributed by atoms with van der Waals surface area (Å²) in [4.78, 5) is 27.4. The van der Waals surface area contributed by atoms with Gasteiger partial charge < -0.3 is 10.2 Å². The smallest absolute Gasteiger partial charge is 0.264 e. The third kappa shape index (κ3) is 5.76. The van der Waals surface area contributed by atoms with E-state index in [0.29, 0.717) is 0 Å². The van der Waals surface area contributed by atoms with Gasteiger partial charge in [-0.15, -0.1) is 0 Å². The normalized spacial score (nSPS) is 12.0. The first kappa shape index (κ1) is 25.3. The van der Waals surface area contributed by atoms with E-state index in [2.05, 4.69) is 5.32 Å². The van der Waals surface area contributed by atoms with Gasteiger partial charge in [-0.2, -0.15) is 0 Å². The molecule has 0 spiro atoms. The number of carbonyl (C=O) groups excluding carboxylic acids is 2. The average Bonchev–Trinajstić information content (AvgIpc) is 2.86. The van der Waals surface area contributed by atoms with Crippen molar-refractivity contribution in [2.24, 2.45) is 0 Å². The molecule has 1 atom stereocenters. The maximum Gasteiger partial charge on any atom is 0.264 e. The highest BCUT2D eigenvalue weighted by molar-refractivity contribution is 7.92. The van der Waals surface area contributed by atoms with E-state index in [1.165, 1.54) is 24.1 Å². The van der Waals surface area contributed by atoms with Gasteiger partial charge in [0.25, 0.3) is 10.0 Å². The molecule has 0 fully saturated rings. The Morgan fingerprint density at radius 3 is 2.06 bits per heavy atom. The number of anilines is 1. The fraction of sp³-hybridized carbons (Fsp3) is 0.200. The standard InChI is InChI=1S/C25H26ClN3O4S/c1-19(25(31)27-2)28(17-20-11-5-3-6-12-20)24(30)18-29(23-16-10-9-15-22(23)26)34(32,33)21-13-7-4-8-14-21/h3-16,19H,17-18H2,1-2H3,(H,27,31)/t19-/m0/s1. The van der Waals surface area contributed by atoms with Crippen LogP contribution in [-0.2, 0) is 26.2 Å². The number of hydrogen-bond acceptors (Lipinski definition) is 4. The van der Waals surface area contributed by atoms with Crippen LogP contribution in [0.25, 0.3) is 0 Å². The molecule has 0 bridgehead atoms. The van der Waals surface area contributed by atoms with Crippen LogP contribution in [0, 0.1) is 0 Å². The summed E-state index contributed by atoms with van der Waals surface area (Å²) in [6, 6.07) is 22.6. The van der Waals surface area contributed by atoms with E-state index in [9.17, 15) is 18.0 Å². The number of amides is 2. The lowest BCUT2D eigenvalue weighted by Crippen LogP contribution is -2.50. The van der Waals surface area contributed by atoms with Crippen molar-refractivity contribution in [3.8, 4) is 0 Å². The molecule has 3 rings (SSSR count). The second-order valence-corrected chi connectivity index (χ2v) is 9.84. The molecule has 178 valence electrons. The van der Waals surface area contributed by atoms with E-state index in [0.717, 1.165) is 9.87 Å². The van der Waals surface area contributed by atoms with E-state index < -0.39 is 28.5 Å². The number of halogens is 1. The molecule has 0 radical (unpaired) electrons. The van der Waals surface area contributed by atoms with Crippen LogP contribution in [0.1, 0.15) is 12.5 Å². The lowest BCUT2D eigenvalue weighted by Gasteiger charge is -2.32. The summed E-state index contributed by atoms with van der Waals surface area (Å²) in [5, 5.41) is 2.73. The molecule has 1 N–H and O–H groups in total. The van der Waals surface area contributed by atoms with Crippen LogP contribution in [0.15, 0.2) is 89.8 Å². The topological polar surface area (TPSA) is 86.8 Å². The van der Waals surface area contributed by atoms with Gasteiger partial charge >= 0.3 is 0 Å². The number of rotatable bonds is 9. The third-order valence-electron chi connectivity index (χ3n) is 5.34. The number of benzene rings is 3. The van der Waals surface area contributed by atoms with Gasteiger partial charge in [0, 0.05) is 13.6 Å². The SMILES string of the molecule is CNC(=O)[C@H](C)N(Cc1ccccc1)C(=O)CN(c1ccccc1Cl)S(=O)(=O)c1ccccc1. The lowest BCUT2D eigenvalue weighted by molar-refractivity contribution is -0.139. The average molecular weight is 500 g/mol. The first-order valence-corrected chi connectivity index (χ1v) is 12.4. The fourth-order valence-electron chi connectivity index (χ4n) is 3.46. The first-order valence-electron chi connectivity index (χ1n) is 10.6. The monoisotopic (exact) mass is 499 g/mol. The molecule has 0 saturated carbocycles. The lowest BCUT2D eigenvalue weighted by atomic mass is 10.1. The summed E-state index contributed by atoms with van der Waals surface area (Å²) >= 11 is 6.35. The van der Waals surface area contributed by atoms with Gasteiger partial charge in [0.1, 0.15) is 12.6 Å². The highest BCUT2D eigenvalue weighted by atomic mass is 35.5. The van der Waals surface area contributed by atoms with Crippen LogP contribution in [0.3, 0.4) is 0 Å². The summed E-state index contributed by atoms with van der Waals surface area (Å²) in [5.41, 5.74) is 0.982. The Labute approximate surface area is 205 Å². The van der Waals surface area contributed by atoms with Gasteiger partial charge in [-0.1, -0.05) is 72.3 Å². The van der Waals surface area contributed by atoms with Gasteiger partial charge in [-0.25, -0.2) is 8.42 Å². The summed E-state index contributed by atoms with van der Waals surface area (Å²) in [6.45, 7) is 1.20. The molecule has 0 heterocycles. The Morgan fingerprint density at radius 2 is 1.47 bits per heavy atom. The summed E-state index contributed by atoms with van der Waals surface area (Å²) in [6.07, 6.45) is 0. The summed E-state index contributed by atoms with van der Waals surface area (Å²) < 4.78 is 28.1. The van der Waals surface area contributed by atoms with Crippen LogP contribution in [0.4, 0.5) is 5.69 Å². The van der Waals surface area contributed by atoms with Crippen molar-refractivity contribution in [3.63, 3.8) is 0 Å². The maximum atomic E-state index is 13.6. The number of hydrogen-bond donors (Lipinski definition) is 1. The second kappa shape index (κ2) is 11.2. The number of para-hydroxylation sites is 1. The van der Waals surface area contributed by atoms with Gasteiger partial charge in [0.2, 0.25) is 11.8 Å². The van der Waals surface area contributed by atoms with Gasteiger partial charge in [-0.3, -0.25) is 13.9 Å². The molecule has 3 aromatic rings. The van der Waals surface area contributed by atoms with Crippen molar-refractivity contribution in [2.75, 3.05) is 17.9 Å². The van der Waals surface area contributed by atoms with Gasteiger partial charge in [0.15, 0.2) is 0 Å². The largest absolute Gasteiger partial charge is 0.357 e. The van der Waals surface area contributed by atoms with E-state index in [4.69, 9.17) is 11.6 Å². The van der Waals surface area contributed by atoms with E-state index in [1.54, 1.807) is 49.4 Å². The third-order valence-corrected chi connectivity index (χ3v) is 7.43. The van der Waals surface area contributed by atoms with E-state index in [-0.39, 0.29) is 28.1 Å². The van der Waals surface area contributed by atoms with Crippen molar-refractivity contribution < 1.29 is 18.0 Å². The quantitative estimate of drug-likeness (QED) is 0.486. The van der Waals surface area contributed by atoms with Crippen molar-refractivity contribution in [1.82, 2.24) is 10.2 Å². The number of carbonyl (C=O) groups is 2. The molecule has 9 heteroatoms. The van der Waals surface area contributed by atoms with Gasteiger partial charge in [-0.05, 0) is 36.8 Å². The molecule has 0 aliphatic carbocycles. The number of nitrogens with one attached hydrogen (secondary N) is 1. The summed E-state index contributed by atoms with van der Waals surface area (Å²) in [5.74, 6) is -0.904. The fourth-order valence-corrected chi connectivity index (χ4v) is 5.20. The van der Waals surface area contributed by atoms with Crippen molar-refractivity contribution in [3.05, 3.63) is 95.5 Å². The van der Waals surface area contributed by atoms with Crippen molar-refractivity contribution in [2.45, 2.75) is 24.4 Å². The van der Waals surface area contributed by atoms with Crippen molar-refractivity contribution >= 4 is 39.1 Å². The molecular formula is C25H26ClN3O4S. The number of nitrogens with zero attached hydrogens (tertiary/aromatic N) is 2. The van der Waals surface area contributed by atoms with Crippen LogP contribution in [0.5, 0.6) is 0 Å². The molecule has 2 amide bonds. The second-order valence-electron chi connectivity index (χ2n) is 7.57. The van der Waals surface area contributed by atoms with E-state index >= 15 is 0 Å². The zero-order valence-electron chi connectivity index (χ0n) is 18.9. The Morgan fingerprint density at radius 1 is 0.912 bits per heavy atom. The van der Waals surface area contributed by atoms with Crippen LogP contribution in [0.2, 0.25) is 5.02 Å². The molecule has 34 heavy (non-hydrogen) atoms. The molecule has 0 unspecified atom stereocenters. The van der Waals surface area contributed by atoms with Crippen LogP contribution < -0.4 is 9.62 Å². The Kier molecular flexibility index (Phi) is 8.31. The van der Waals surface area contributed by atoms with Crippen molar-refractivity contribution in [1.29, 1.82) is 0 Å². The first-order chi connectivity index (χ1) is 16.3. The Hall–Kier alpha value is -3.36. The minimum Gasteiger partial charge on any atom is -0.357 e. The molecule has 7 nitrogen and oxygen atoms in total. The summed E-state index contributed by atoms with van der Waals surface area (Å²) in [7, 11) is -2.64. The maximum absolute atomic E-state index is 13.6. The van der Waals surface area contributed by atoms with E-state index in [1.807, 2.05) is 30.3 Å². The molecule has 0 aliphatic heterocycles. The zero-order chi connectivity index (χ0) is 24.7. The molecule has 0 aromatic heterocycles.